The van der Waals surface area contributed by atoms with Gasteiger partial charge in [0.25, 0.3) is 0 Å². The van der Waals surface area contributed by atoms with Gasteiger partial charge in [-0.3, -0.25) is 0 Å². The molecule has 2 aliphatic rings. The highest BCUT2D eigenvalue weighted by Gasteiger charge is 2.61. The van der Waals surface area contributed by atoms with Gasteiger partial charge in [-0.05, 0) is 45.9 Å². The lowest BCUT2D eigenvalue weighted by Gasteiger charge is -2.39. The molecule has 1 N–H and O–H groups in total. The van der Waals surface area contributed by atoms with Gasteiger partial charge in [-0.1, -0.05) is 20.8 Å². The predicted molar refractivity (Wildman–Crippen MR) is 79.7 cm³/mol. The summed E-state index contributed by atoms with van der Waals surface area (Å²) in [6.45, 7) is 7.63. The van der Waals surface area contributed by atoms with E-state index in [-0.39, 0.29) is 11.2 Å². The third-order valence-corrected chi connectivity index (χ3v) is 6.52. The summed E-state index contributed by atoms with van der Waals surface area (Å²) in [5.41, 5.74) is 1.29. The number of imidazole rings is 1. The highest BCUT2D eigenvalue weighted by Crippen LogP contribution is 2.65. The van der Waals surface area contributed by atoms with Crippen LogP contribution in [0.3, 0.4) is 0 Å². The van der Waals surface area contributed by atoms with Crippen LogP contribution in [-0.2, 0) is 13.6 Å². The first-order chi connectivity index (χ1) is 9.77. The van der Waals surface area contributed by atoms with E-state index in [1.54, 1.807) is 4.57 Å². The van der Waals surface area contributed by atoms with E-state index >= 15 is 0 Å². The molecule has 2 aliphatic carbocycles. The Balaban J connectivity index is 1.76. The number of aromatic nitrogens is 2. The second-order valence-corrected chi connectivity index (χ2v) is 7.43. The average molecular weight is 292 g/mol. The summed E-state index contributed by atoms with van der Waals surface area (Å²) in [6, 6.07) is 0.431. The Hall–Kier alpha value is -1.43. The first kappa shape index (κ1) is 14.5. The van der Waals surface area contributed by atoms with Crippen molar-refractivity contribution in [3.63, 3.8) is 0 Å². The first-order valence-electron chi connectivity index (χ1n) is 7.65. The Bertz CT molecular complexity index is 580. The van der Waals surface area contributed by atoms with Crippen LogP contribution in [-0.4, -0.2) is 20.5 Å². The van der Waals surface area contributed by atoms with E-state index in [0.717, 1.165) is 5.92 Å². The standard InChI is InChI=1S/C15H24N4O2/c1-14(2)10-5-6-15(14,3)12(7-10)16-8-11-13(19(20)21)17-9-18(11)4/h9-10,12,16H,5-8H2,1-4H3. The van der Waals surface area contributed by atoms with Crippen LogP contribution in [0.4, 0.5) is 5.82 Å². The fourth-order valence-electron chi connectivity index (χ4n) is 4.53. The molecule has 0 radical (unpaired) electrons. The van der Waals surface area contributed by atoms with Crippen LogP contribution >= 0.6 is 0 Å². The third kappa shape index (κ3) is 1.92. The van der Waals surface area contributed by atoms with E-state index < -0.39 is 4.92 Å². The minimum atomic E-state index is -0.399. The minimum absolute atomic E-state index is 0.0300. The Kier molecular flexibility index (Phi) is 3.13. The average Bonchev–Trinajstić information content (AvgIpc) is 2.94. The van der Waals surface area contributed by atoms with E-state index in [1.165, 1.54) is 25.6 Å². The summed E-state index contributed by atoms with van der Waals surface area (Å²) in [5, 5.41) is 14.6. The number of hydrogen-bond acceptors (Lipinski definition) is 4. The quantitative estimate of drug-likeness (QED) is 0.684. The highest BCUT2D eigenvalue weighted by atomic mass is 16.6. The normalized spacial score (nSPS) is 33.5. The van der Waals surface area contributed by atoms with E-state index in [9.17, 15) is 10.1 Å². The molecular weight excluding hydrogens is 268 g/mol. The molecule has 0 spiro atoms. The second-order valence-electron chi connectivity index (χ2n) is 7.43. The van der Waals surface area contributed by atoms with Gasteiger partial charge in [0.2, 0.25) is 6.33 Å². The molecule has 1 aromatic heterocycles. The SMILES string of the molecule is Cn1cnc([N+](=O)[O-])c1CNC1CC2CCC1(C)C2(C)C. The second kappa shape index (κ2) is 4.53. The maximum absolute atomic E-state index is 11.0. The lowest BCUT2D eigenvalue weighted by Crippen LogP contribution is -2.44. The smallest absolute Gasteiger partial charge is 0.358 e. The Labute approximate surface area is 125 Å². The largest absolute Gasteiger partial charge is 0.386 e. The van der Waals surface area contributed by atoms with Gasteiger partial charge in [-0.2, -0.15) is 0 Å². The van der Waals surface area contributed by atoms with Crippen molar-refractivity contribution >= 4 is 5.82 Å². The van der Waals surface area contributed by atoms with E-state index in [1.807, 2.05) is 7.05 Å². The predicted octanol–water partition coefficient (Wildman–Crippen LogP) is 2.63. The zero-order valence-electron chi connectivity index (χ0n) is 13.2. The molecule has 21 heavy (non-hydrogen) atoms. The molecule has 0 amide bonds. The van der Waals surface area contributed by atoms with Crippen molar-refractivity contribution in [1.29, 1.82) is 0 Å². The molecular formula is C15H24N4O2. The monoisotopic (exact) mass is 292 g/mol. The number of hydrogen-bond donors (Lipinski definition) is 1. The van der Waals surface area contributed by atoms with E-state index in [4.69, 9.17) is 0 Å². The number of nitrogens with one attached hydrogen (secondary N) is 1. The van der Waals surface area contributed by atoms with Crippen molar-refractivity contribution < 1.29 is 4.92 Å². The van der Waals surface area contributed by atoms with E-state index in [2.05, 4.69) is 31.1 Å². The van der Waals surface area contributed by atoms with Gasteiger partial charge in [0.1, 0.15) is 5.69 Å². The summed E-state index contributed by atoms with van der Waals surface area (Å²) in [5.74, 6) is 0.735. The summed E-state index contributed by atoms with van der Waals surface area (Å²) < 4.78 is 1.74. The van der Waals surface area contributed by atoms with Gasteiger partial charge in [0, 0.05) is 19.6 Å². The van der Waals surface area contributed by atoms with Crippen molar-refractivity contribution in [2.75, 3.05) is 0 Å². The lowest BCUT2D eigenvalue weighted by molar-refractivity contribution is -0.390. The van der Waals surface area contributed by atoms with Crippen molar-refractivity contribution in [2.24, 2.45) is 23.8 Å². The number of nitrogens with zero attached hydrogens (tertiary/aromatic N) is 3. The molecule has 116 valence electrons. The van der Waals surface area contributed by atoms with Crippen LogP contribution < -0.4 is 5.32 Å². The molecule has 1 aromatic rings. The van der Waals surface area contributed by atoms with Gasteiger partial charge < -0.3 is 20.0 Å². The first-order valence-corrected chi connectivity index (χ1v) is 7.65. The number of rotatable bonds is 4. The zero-order chi connectivity index (χ0) is 15.4. The topological polar surface area (TPSA) is 73.0 Å². The van der Waals surface area contributed by atoms with Crippen LogP contribution in [0.1, 0.15) is 45.7 Å². The summed E-state index contributed by atoms with van der Waals surface area (Å²) in [7, 11) is 1.81. The molecule has 2 saturated carbocycles. The summed E-state index contributed by atoms with van der Waals surface area (Å²) in [6.07, 6.45) is 5.25. The van der Waals surface area contributed by atoms with Crippen molar-refractivity contribution in [3.05, 3.63) is 22.1 Å². The van der Waals surface area contributed by atoms with Crippen molar-refractivity contribution in [1.82, 2.24) is 14.9 Å². The Morgan fingerprint density at radius 3 is 2.76 bits per heavy atom. The zero-order valence-corrected chi connectivity index (χ0v) is 13.2. The third-order valence-electron chi connectivity index (χ3n) is 6.52. The fourth-order valence-corrected chi connectivity index (χ4v) is 4.53. The maximum Gasteiger partial charge on any atom is 0.386 e. The van der Waals surface area contributed by atoms with Crippen LogP contribution in [0.5, 0.6) is 0 Å². The Morgan fingerprint density at radius 2 is 2.24 bits per heavy atom. The van der Waals surface area contributed by atoms with Crippen molar-refractivity contribution in [3.8, 4) is 0 Å². The molecule has 0 aliphatic heterocycles. The molecule has 3 atom stereocenters. The van der Waals surface area contributed by atoms with Gasteiger partial charge in [0.15, 0.2) is 0 Å². The van der Waals surface area contributed by atoms with Crippen LogP contribution in [0.25, 0.3) is 0 Å². The van der Waals surface area contributed by atoms with Gasteiger partial charge >= 0.3 is 5.82 Å². The Morgan fingerprint density at radius 1 is 1.52 bits per heavy atom. The van der Waals surface area contributed by atoms with Crippen LogP contribution in [0.15, 0.2) is 6.33 Å². The maximum atomic E-state index is 11.0. The van der Waals surface area contributed by atoms with Crippen molar-refractivity contribution in [2.45, 2.75) is 52.6 Å². The summed E-state index contributed by atoms with van der Waals surface area (Å²) >= 11 is 0. The fraction of sp³-hybridized carbons (Fsp3) is 0.800. The number of nitro groups is 1. The minimum Gasteiger partial charge on any atom is -0.358 e. The van der Waals surface area contributed by atoms with Crippen LogP contribution in [0, 0.1) is 26.9 Å². The van der Waals surface area contributed by atoms with Crippen LogP contribution in [0.2, 0.25) is 0 Å². The highest BCUT2D eigenvalue weighted by molar-refractivity contribution is 5.27. The molecule has 1 heterocycles. The molecule has 6 heteroatoms. The number of aryl methyl sites for hydroxylation is 1. The van der Waals surface area contributed by atoms with Gasteiger partial charge in [-0.25, -0.2) is 0 Å². The molecule has 3 rings (SSSR count). The van der Waals surface area contributed by atoms with E-state index in [0.29, 0.717) is 23.7 Å². The van der Waals surface area contributed by atoms with Gasteiger partial charge in [0.05, 0.1) is 0 Å². The molecule has 2 fully saturated rings. The molecule has 6 nitrogen and oxygen atoms in total. The number of fused-ring (bicyclic) bond motifs is 2. The summed E-state index contributed by atoms with van der Waals surface area (Å²) in [4.78, 5) is 14.5. The molecule has 0 aromatic carbocycles. The van der Waals surface area contributed by atoms with Gasteiger partial charge in [-0.15, -0.1) is 0 Å². The molecule has 0 saturated heterocycles. The molecule has 2 bridgehead atoms. The molecule has 3 unspecified atom stereocenters. The lowest BCUT2D eigenvalue weighted by atomic mass is 9.69.